The largest absolute Gasteiger partial charge is 0.371 e. The SMILES string of the molecule is CCCCCCCCCOC(c1ccccc1)C1CO1. The molecule has 1 saturated heterocycles. The van der Waals surface area contributed by atoms with E-state index in [2.05, 4.69) is 31.2 Å². The van der Waals surface area contributed by atoms with Gasteiger partial charge >= 0.3 is 0 Å². The van der Waals surface area contributed by atoms with Gasteiger partial charge in [0.15, 0.2) is 0 Å². The Morgan fingerprint density at radius 2 is 1.70 bits per heavy atom. The van der Waals surface area contributed by atoms with Gasteiger partial charge in [-0.1, -0.05) is 75.8 Å². The van der Waals surface area contributed by atoms with E-state index in [-0.39, 0.29) is 12.2 Å². The van der Waals surface area contributed by atoms with Crippen molar-refractivity contribution in [3.05, 3.63) is 35.9 Å². The highest BCUT2D eigenvalue weighted by molar-refractivity contribution is 5.19. The van der Waals surface area contributed by atoms with E-state index in [9.17, 15) is 0 Å². The summed E-state index contributed by atoms with van der Waals surface area (Å²) in [6.07, 6.45) is 9.69. The molecule has 2 unspecified atom stereocenters. The lowest BCUT2D eigenvalue weighted by Crippen LogP contribution is -2.11. The lowest BCUT2D eigenvalue weighted by Gasteiger charge is -2.16. The minimum atomic E-state index is 0.135. The molecule has 0 saturated carbocycles. The molecule has 1 fully saturated rings. The molecule has 1 aliphatic heterocycles. The summed E-state index contributed by atoms with van der Waals surface area (Å²) in [7, 11) is 0. The fourth-order valence-corrected chi connectivity index (χ4v) is 2.56. The van der Waals surface area contributed by atoms with Crippen molar-refractivity contribution in [2.45, 2.75) is 64.1 Å². The maximum absolute atomic E-state index is 6.05. The third kappa shape index (κ3) is 5.64. The van der Waals surface area contributed by atoms with Crippen LogP contribution in [0.1, 0.15) is 63.5 Å². The monoisotopic (exact) mass is 276 g/mol. The van der Waals surface area contributed by atoms with Crippen molar-refractivity contribution in [1.82, 2.24) is 0 Å². The molecular formula is C18H28O2. The van der Waals surface area contributed by atoms with Crippen LogP contribution in [-0.4, -0.2) is 19.3 Å². The van der Waals surface area contributed by atoms with Crippen LogP contribution in [0.3, 0.4) is 0 Å². The maximum Gasteiger partial charge on any atom is 0.111 e. The smallest absolute Gasteiger partial charge is 0.111 e. The van der Waals surface area contributed by atoms with Gasteiger partial charge in [-0.2, -0.15) is 0 Å². The van der Waals surface area contributed by atoms with Gasteiger partial charge in [0, 0.05) is 6.61 Å². The van der Waals surface area contributed by atoms with Crippen molar-refractivity contribution in [3.63, 3.8) is 0 Å². The first-order chi connectivity index (χ1) is 9.92. The lowest BCUT2D eigenvalue weighted by atomic mass is 10.1. The van der Waals surface area contributed by atoms with Crippen molar-refractivity contribution in [2.24, 2.45) is 0 Å². The zero-order valence-electron chi connectivity index (χ0n) is 12.7. The minimum Gasteiger partial charge on any atom is -0.371 e. The molecule has 1 aliphatic rings. The summed E-state index contributed by atoms with van der Waals surface area (Å²) in [4.78, 5) is 0. The zero-order chi connectivity index (χ0) is 14.0. The van der Waals surface area contributed by atoms with Crippen molar-refractivity contribution >= 4 is 0 Å². The molecule has 0 radical (unpaired) electrons. The molecule has 1 aromatic carbocycles. The van der Waals surface area contributed by atoms with Crippen LogP contribution >= 0.6 is 0 Å². The van der Waals surface area contributed by atoms with E-state index in [1.807, 2.05) is 6.07 Å². The summed E-state index contributed by atoms with van der Waals surface area (Å²) in [6, 6.07) is 10.5. The van der Waals surface area contributed by atoms with E-state index < -0.39 is 0 Å². The Balaban J connectivity index is 1.59. The molecule has 0 N–H and O–H groups in total. The predicted octanol–water partition coefficient (Wildman–Crippen LogP) is 4.89. The summed E-state index contributed by atoms with van der Waals surface area (Å²) < 4.78 is 11.5. The molecule has 0 aromatic heterocycles. The highest BCUT2D eigenvalue weighted by Crippen LogP contribution is 2.31. The molecule has 112 valence electrons. The van der Waals surface area contributed by atoms with Gasteiger partial charge in [0.05, 0.1) is 6.61 Å². The molecule has 1 heterocycles. The highest BCUT2D eigenvalue weighted by Gasteiger charge is 2.34. The molecule has 2 heteroatoms. The average molecular weight is 276 g/mol. The fourth-order valence-electron chi connectivity index (χ4n) is 2.56. The second kappa shape index (κ2) is 9.15. The second-order valence-electron chi connectivity index (χ2n) is 5.70. The normalized spacial score (nSPS) is 18.9. The van der Waals surface area contributed by atoms with Crippen LogP contribution in [0.15, 0.2) is 30.3 Å². The van der Waals surface area contributed by atoms with Crippen LogP contribution in [0.25, 0.3) is 0 Å². The standard InChI is InChI=1S/C18H28O2/c1-2-3-4-5-6-7-11-14-19-18(17-15-20-17)16-12-9-8-10-13-16/h8-10,12-13,17-18H,2-7,11,14-15H2,1H3. The topological polar surface area (TPSA) is 21.8 Å². The average Bonchev–Trinajstić information content (AvgIpc) is 3.31. The van der Waals surface area contributed by atoms with Crippen molar-refractivity contribution < 1.29 is 9.47 Å². The first-order valence-electron chi connectivity index (χ1n) is 8.20. The number of rotatable bonds is 11. The van der Waals surface area contributed by atoms with E-state index in [1.165, 1.54) is 50.5 Å². The van der Waals surface area contributed by atoms with Crippen molar-refractivity contribution in [1.29, 1.82) is 0 Å². The van der Waals surface area contributed by atoms with E-state index in [1.54, 1.807) is 0 Å². The second-order valence-corrected chi connectivity index (χ2v) is 5.70. The summed E-state index contributed by atoms with van der Waals surface area (Å²) in [5.41, 5.74) is 1.25. The Labute approximate surface area is 123 Å². The number of ether oxygens (including phenoxy) is 2. The quantitative estimate of drug-likeness (QED) is 0.424. The molecule has 0 bridgehead atoms. The summed E-state index contributed by atoms with van der Waals surface area (Å²) in [6.45, 7) is 3.96. The Morgan fingerprint density at radius 3 is 2.35 bits per heavy atom. The van der Waals surface area contributed by atoms with E-state index in [4.69, 9.17) is 9.47 Å². The molecular weight excluding hydrogens is 248 g/mol. The van der Waals surface area contributed by atoms with Gasteiger partial charge in [-0.05, 0) is 12.0 Å². The number of unbranched alkanes of at least 4 members (excludes halogenated alkanes) is 6. The third-order valence-corrected chi connectivity index (χ3v) is 3.87. The van der Waals surface area contributed by atoms with E-state index in [0.29, 0.717) is 0 Å². The lowest BCUT2D eigenvalue weighted by molar-refractivity contribution is 0.0299. The van der Waals surface area contributed by atoms with E-state index in [0.717, 1.165) is 13.2 Å². The van der Waals surface area contributed by atoms with Gasteiger partial charge in [0.1, 0.15) is 12.2 Å². The molecule has 2 rings (SSSR count). The van der Waals surface area contributed by atoms with Crippen molar-refractivity contribution in [2.75, 3.05) is 13.2 Å². The first kappa shape index (κ1) is 15.5. The van der Waals surface area contributed by atoms with Gasteiger partial charge in [0.2, 0.25) is 0 Å². The number of hydrogen-bond donors (Lipinski definition) is 0. The summed E-state index contributed by atoms with van der Waals surface area (Å²) >= 11 is 0. The Bertz CT molecular complexity index is 346. The molecule has 20 heavy (non-hydrogen) atoms. The van der Waals surface area contributed by atoms with Crippen LogP contribution < -0.4 is 0 Å². The molecule has 0 aliphatic carbocycles. The molecule has 0 amide bonds. The van der Waals surface area contributed by atoms with Gasteiger partial charge in [-0.15, -0.1) is 0 Å². The van der Waals surface area contributed by atoms with Crippen LogP contribution in [0.2, 0.25) is 0 Å². The Morgan fingerprint density at radius 1 is 1.05 bits per heavy atom. The predicted molar refractivity (Wildman–Crippen MR) is 82.9 cm³/mol. The van der Waals surface area contributed by atoms with Gasteiger partial charge in [-0.25, -0.2) is 0 Å². The van der Waals surface area contributed by atoms with Gasteiger partial charge < -0.3 is 9.47 Å². The van der Waals surface area contributed by atoms with E-state index >= 15 is 0 Å². The number of hydrogen-bond acceptors (Lipinski definition) is 2. The summed E-state index contributed by atoms with van der Waals surface area (Å²) in [5.74, 6) is 0. The molecule has 1 aromatic rings. The third-order valence-electron chi connectivity index (χ3n) is 3.87. The van der Waals surface area contributed by atoms with Crippen LogP contribution in [0.5, 0.6) is 0 Å². The van der Waals surface area contributed by atoms with Crippen molar-refractivity contribution in [3.8, 4) is 0 Å². The van der Waals surface area contributed by atoms with Crippen LogP contribution in [0, 0.1) is 0 Å². The van der Waals surface area contributed by atoms with Gasteiger partial charge in [-0.3, -0.25) is 0 Å². The van der Waals surface area contributed by atoms with Crippen LogP contribution in [0.4, 0.5) is 0 Å². The Kier molecular flexibility index (Phi) is 7.10. The molecule has 2 nitrogen and oxygen atoms in total. The zero-order valence-corrected chi connectivity index (χ0v) is 12.7. The maximum atomic E-state index is 6.05. The van der Waals surface area contributed by atoms with Crippen LogP contribution in [-0.2, 0) is 9.47 Å². The number of epoxide rings is 1. The highest BCUT2D eigenvalue weighted by atomic mass is 16.6. The molecule has 2 atom stereocenters. The first-order valence-corrected chi connectivity index (χ1v) is 8.20. The van der Waals surface area contributed by atoms with Gasteiger partial charge in [0.25, 0.3) is 0 Å². The summed E-state index contributed by atoms with van der Waals surface area (Å²) in [5, 5.41) is 0. The minimum absolute atomic E-state index is 0.135. The molecule has 0 spiro atoms. The fraction of sp³-hybridized carbons (Fsp3) is 0.667. The number of benzene rings is 1. The Hall–Kier alpha value is -0.860.